The van der Waals surface area contributed by atoms with E-state index in [1.54, 1.807) is 0 Å². The number of rotatable bonds is 2. The summed E-state index contributed by atoms with van der Waals surface area (Å²) in [5.74, 6) is -1.09. The van der Waals surface area contributed by atoms with Crippen molar-refractivity contribution < 1.29 is 38.1 Å². The van der Waals surface area contributed by atoms with E-state index in [0.29, 0.717) is 0 Å². The van der Waals surface area contributed by atoms with Gasteiger partial charge >= 0.3 is 0 Å². The van der Waals surface area contributed by atoms with Crippen LogP contribution in [0, 0.1) is 0 Å². The van der Waals surface area contributed by atoms with Crippen LogP contribution in [0.4, 0.5) is 0 Å². The second kappa shape index (κ2) is 5.55. The number of phenols is 3. The molecule has 0 radical (unpaired) electrons. The molecule has 5 N–H and O–H groups in total. The van der Waals surface area contributed by atoms with Crippen LogP contribution < -0.4 is 4.74 Å². The van der Waals surface area contributed by atoms with Crippen molar-refractivity contribution in [2.24, 2.45) is 0 Å². The molecule has 0 amide bonds. The summed E-state index contributed by atoms with van der Waals surface area (Å²) < 4.78 is 38.5. The van der Waals surface area contributed by atoms with Crippen LogP contribution in [-0.4, -0.2) is 39.5 Å². The van der Waals surface area contributed by atoms with Gasteiger partial charge in [0, 0.05) is 11.6 Å². The van der Waals surface area contributed by atoms with Gasteiger partial charge in [0.2, 0.25) is 0 Å². The number of fused-ring (bicyclic) bond motifs is 1. The van der Waals surface area contributed by atoms with Gasteiger partial charge in [0.05, 0.1) is 0 Å². The largest absolute Gasteiger partial charge is 0.508 e. The Morgan fingerprint density at radius 2 is 1.67 bits per heavy atom. The summed E-state index contributed by atoms with van der Waals surface area (Å²) in [4.78, 5) is 0. The minimum Gasteiger partial charge on any atom is -0.508 e. The molecular formula is C15H14O8S. The number of benzene rings is 2. The number of aliphatic hydroxyl groups excluding tert-OH is 1. The predicted molar refractivity (Wildman–Crippen MR) is 81.5 cm³/mol. The van der Waals surface area contributed by atoms with Gasteiger partial charge in [-0.15, -0.1) is 0 Å². The standard InChI is InChI=1S/C15H14O8S/c16-8-2-3-9-12(6-8)23-14(13(19)15(9)24(20,21)22)7-1-4-10(17)11(18)5-7/h1-6,13-19H,(H,20,21,22). The molecule has 0 spiro atoms. The third-order valence-corrected chi connectivity index (χ3v) is 5.00. The molecule has 128 valence electrons. The summed E-state index contributed by atoms with van der Waals surface area (Å²) in [6.45, 7) is 0. The highest BCUT2D eigenvalue weighted by Gasteiger charge is 2.45. The molecule has 9 heteroatoms. The van der Waals surface area contributed by atoms with E-state index in [-0.39, 0.29) is 22.6 Å². The zero-order valence-corrected chi connectivity index (χ0v) is 12.9. The van der Waals surface area contributed by atoms with Crippen molar-refractivity contribution >= 4 is 10.1 Å². The molecule has 1 heterocycles. The second-order valence-corrected chi connectivity index (χ2v) is 6.97. The Morgan fingerprint density at radius 1 is 0.958 bits per heavy atom. The molecule has 0 saturated carbocycles. The van der Waals surface area contributed by atoms with Crippen molar-refractivity contribution in [2.75, 3.05) is 0 Å². The predicted octanol–water partition coefficient (Wildman–Crippen LogP) is 1.23. The van der Waals surface area contributed by atoms with Crippen LogP contribution in [-0.2, 0) is 10.1 Å². The Balaban J connectivity index is 2.15. The highest BCUT2D eigenvalue weighted by Crippen LogP contribution is 2.46. The summed E-state index contributed by atoms with van der Waals surface area (Å²) in [6, 6.07) is 7.19. The maximum atomic E-state index is 11.7. The molecule has 1 aliphatic heterocycles. The smallest absolute Gasteiger partial charge is 0.274 e. The number of hydrogen-bond acceptors (Lipinski definition) is 7. The van der Waals surface area contributed by atoms with E-state index in [9.17, 15) is 33.4 Å². The maximum Gasteiger partial charge on any atom is 0.274 e. The van der Waals surface area contributed by atoms with Crippen LogP contribution in [0.5, 0.6) is 23.0 Å². The number of phenolic OH excluding ortho intramolecular Hbond substituents is 3. The number of hydrogen-bond donors (Lipinski definition) is 5. The minimum atomic E-state index is -4.68. The van der Waals surface area contributed by atoms with Crippen LogP contribution in [0.3, 0.4) is 0 Å². The van der Waals surface area contributed by atoms with Gasteiger partial charge in [0.25, 0.3) is 10.1 Å². The van der Waals surface area contributed by atoms with Crippen molar-refractivity contribution in [3.8, 4) is 23.0 Å². The van der Waals surface area contributed by atoms with Crippen LogP contribution in [0.2, 0.25) is 0 Å². The SMILES string of the molecule is O=S(=O)(O)C1c2ccc(O)cc2OC(c2ccc(O)c(O)c2)C1O. The molecule has 1 aliphatic rings. The molecule has 3 unspecified atom stereocenters. The fourth-order valence-corrected chi connectivity index (χ4v) is 3.74. The van der Waals surface area contributed by atoms with Crippen LogP contribution in [0.25, 0.3) is 0 Å². The van der Waals surface area contributed by atoms with E-state index in [2.05, 4.69) is 0 Å². The molecule has 0 aromatic heterocycles. The van der Waals surface area contributed by atoms with E-state index < -0.39 is 39.1 Å². The molecule has 0 bridgehead atoms. The molecule has 3 rings (SSSR count). The Hall–Kier alpha value is -2.49. The zero-order chi connectivity index (χ0) is 17.6. The Morgan fingerprint density at radius 3 is 2.29 bits per heavy atom. The van der Waals surface area contributed by atoms with Crippen molar-refractivity contribution in [2.45, 2.75) is 17.5 Å². The minimum absolute atomic E-state index is 0.00190. The molecular weight excluding hydrogens is 340 g/mol. The molecule has 2 aromatic rings. The molecule has 2 aromatic carbocycles. The topological polar surface area (TPSA) is 145 Å². The highest BCUT2D eigenvalue weighted by atomic mass is 32.2. The first-order valence-electron chi connectivity index (χ1n) is 6.84. The lowest BCUT2D eigenvalue weighted by Gasteiger charge is -2.35. The number of aromatic hydroxyl groups is 3. The van der Waals surface area contributed by atoms with Crippen molar-refractivity contribution in [3.63, 3.8) is 0 Å². The first-order chi connectivity index (χ1) is 11.2. The Labute approximate surface area is 136 Å². The van der Waals surface area contributed by atoms with Gasteiger partial charge in [-0.1, -0.05) is 12.1 Å². The van der Waals surface area contributed by atoms with Crippen LogP contribution in [0.15, 0.2) is 36.4 Å². The molecule has 0 fully saturated rings. The van der Waals surface area contributed by atoms with Crippen molar-refractivity contribution in [1.29, 1.82) is 0 Å². The summed E-state index contributed by atoms with van der Waals surface area (Å²) in [5, 5.41) is 37.2. The average molecular weight is 354 g/mol. The summed E-state index contributed by atoms with van der Waals surface area (Å²) in [5.41, 5.74) is 0.183. The fraction of sp³-hybridized carbons (Fsp3) is 0.200. The lowest BCUT2D eigenvalue weighted by Crippen LogP contribution is -2.38. The zero-order valence-electron chi connectivity index (χ0n) is 12.1. The third-order valence-electron chi connectivity index (χ3n) is 3.83. The third kappa shape index (κ3) is 2.73. The maximum absolute atomic E-state index is 11.7. The molecule has 3 atom stereocenters. The number of ether oxygens (including phenoxy) is 1. The number of aliphatic hydroxyl groups is 1. The van der Waals surface area contributed by atoms with Gasteiger partial charge in [-0.3, -0.25) is 4.55 Å². The van der Waals surface area contributed by atoms with Gasteiger partial charge in [-0.2, -0.15) is 8.42 Å². The molecule has 0 aliphatic carbocycles. The van der Waals surface area contributed by atoms with E-state index in [4.69, 9.17) is 4.74 Å². The highest BCUT2D eigenvalue weighted by molar-refractivity contribution is 7.86. The Bertz CT molecular complexity index is 892. The lowest BCUT2D eigenvalue weighted by molar-refractivity contribution is 0.0149. The van der Waals surface area contributed by atoms with Gasteiger partial charge < -0.3 is 25.2 Å². The first kappa shape index (κ1) is 16.4. The van der Waals surface area contributed by atoms with E-state index in [1.165, 1.54) is 18.2 Å². The Kier molecular flexibility index (Phi) is 3.78. The van der Waals surface area contributed by atoms with Crippen molar-refractivity contribution in [3.05, 3.63) is 47.5 Å². The quantitative estimate of drug-likeness (QED) is 0.400. The van der Waals surface area contributed by atoms with Gasteiger partial charge in [0.1, 0.15) is 22.9 Å². The van der Waals surface area contributed by atoms with Crippen LogP contribution >= 0.6 is 0 Å². The van der Waals surface area contributed by atoms with E-state index in [1.807, 2.05) is 0 Å². The molecule has 24 heavy (non-hydrogen) atoms. The lowest BCUT2D eigenvalue weighted by atomic mass is 9.94. The van der Waals surface area contributed by atoms with Gasteiger partial charge in [0.15, 0.2) is 17.6 Å². The fourth-order valence-electron chi connectivity index (χ4n) is 2.73. The van der Waals surface area contributed by atoms with E-state index >= 15 is 0 Å². The van der Waals surface area contributed by atoms with Crippen molar-refractivity contribution in [1.82, 2.24) is 0 Å². The van der Waals surface area contributed by atoms with Gasteiger partial charge in [-0.05, 0) is 23.8 Å². The van der Waals surface area contributed by atoms with E-state index in [0.717, 1.165) is 18.2 Å². The van der Waals surface area contributed by atoms with Gasteiger partial charge in [-0.25, -0.2) is 0 Å². The average Bonchev–Trinajstić information content (AvgIpc) is 2.48. The normalized spacial score (nSPS) is 23.3. The monoisotopic (exact) mass is 354 g/mol. The molecule has 8 nitrogen and oxygen atoms in total. The summed E-state index contributed by atoms with van der Waals surface area (Å²) in [6.07, 6.45) is -2.93. The second-order valence-electron chi connectivity index (χ2n) is 5.43. The first-order valence-corrected chi connectivity index (χ1v) is 8.34. The summed E-state index contributed by atoms with van der Waals surface area (Å²) in [7, 11) is -4.68. The summed E-state index contributed by atoms with van der Waals surface area (Å²) >= 11 is 0. The van der Waals surface area contributed by atoms with Crippen LogP contribution in [0.1, 0.15) is 22.5 Å². The molecule has 0 saturated heterocycles.